The molecular formula is C19H22N2O4. The third kappa shape index (κ3) is 5.93. The van der Waals surface area contributed by atoms with E-state index in [4.69, 9.17) is 4.74 Å². The second kappa shape index (κ2) is 9.44. The maximum absolute atomic E-state index is 12.1. The van der Waals surface area contributed by atoms with Crippen LogP contribution in [0.25, 0.3) is 0 Å². The monoisotopic (exact) mass is 342 g/mol. The molecule has 0 saturated heterocycles. The number of carbonyl (C=O) groups excluding carboxylic acids is 2. The zero-order chi connectivity index (χ0) is 18.1. The lowest BCUT2D eigenvalue weighted by Gasteiger charge is -2.17. The number of amides is 2. The Morgan fingerprint density at radius 1 is 1.08 bits per heavy atom. The summed E-state index contributed by atoms with van der Waals surface area (Å²) in [6.45, 7) is 1.89. The average molecular weight is 342 g/mol. The van der Waals surface area contributed by atoms with Crippen LogP contribution in [0.4, 0.5) is 10.5 Å². The van der Waals surface area contributed by atoms with Crippen molar-refractivity contribution in [1.82, 2.24) is 5.32 Å². The molecule has 0 radical (unpaired) electrons. The van der Waals surface area contributed by atoms with Gasteiger partial charge in [0.05, 0.1) is 24.8 Å². The Kier molecular flexibility index (Phi) is 6.98. The predicted molar refractivity (Wildman–Crippen MR) is 95.6 cm³/mol. The highest BCUT2D eigenvalue weighted by Crippen LogP contribution is 2.11. The maximum Gasteiger partial charge on any atom is 0.338 e. The van der Waals surface area contributed by atoms with Crippen molar-refractivity contribution < 1.29 is 19.4 Å². The number of urea groups is 1. The van der Waals surface area contributed by atoms with Crippen LogP contribution in [0.2, 0.25) is 0 Å². The number of benzene rings is 2. The zero-order valence-corrected chi connectivity index (χ0v) is 14.1. The first kappa shape index (κ1) is 18.5. The summed E-state index contributed by atoms with van der Waals surface area (Å²) in [6, 6.07) is 15.2. The van der Waals surface area contributed by atoms with E-state index in [1.807, 2.05) is 30.3 Å². The lowest BCUT2D eigenvalue weighted by atomic mass is 10.1. The van der Waals surface area contributed by atoms with Gasteiger partial charge in [-0.25, -0.2) is 9.59 Å². The number of aliphatic hydroxyl groups is 1. The van der Waals surface area contributed by atoms with Crippen LogP contribution in [0.5, 0.6) is 0 Å². The number of anilines is 1. The molecule has 1 unspecified atom stereocenters. The number of esters is 1. The normalized spacial score (nSPS) is 11.4. The predicted octanol–water partition coefficient (Wildman–Crippen LogP) is 2.59. The molecule has 6 heteroatoms. The first-order chi connectivity index (χ1) is 12.1. The molecule has 2 aromatic carbocycles. The Balaban J connectivity index is 1.89. The Bertz CT molecular complexity index is 686. The van der Waals surface area contributed by atoms with E-state index in [1.165, 1.54) is 0 Å². The van der Waals surface area contributed by atoms with E-state index < -0.39 is 12.0 Å². The average Bonchev–Trinajstić information content (AvgIpc) is 2.62. The second-order valence-electron chi connectivity index (χ2n) is 5.47. The van der Waals surface area contributed by atoms with Crippen LogP contribution in [-0.2, 0) is 11.2 Å². The van der Waals surface area contributed by atoms with Crippen molar-refractivity contribution in [2.24, 2.45) is 0 Å². The van der Waals surface area contributed by atoms with Gasteiger partial charge in [0, 0.05) is 5.69 Å². The molecule has 0 spiro atoms. The molecule has 0 aliphatic carbocycles. The minimum absolute atomic E-state index is 0.163. The molecule has 25 heavy (non-hydrogen) atoms. The minimum Gasteiger partial charge on any atom is -0.462 e. The second-order valence-corrected chi connectivity index (χ2v) is 5.47. The minimum atomic E-state index is -0.418. The smallest absolute Gasteiger partial charge is 0.338 e. The third-order valence-electron chi connectivity index (χ3n) is 3.53. The zero-order valence-electron chi connectivity index (χ0n) is 14.1. The molecule has 0 fully saturated rings. The van der Waals surface area contributed by atoms with Crippen molar-refractivity contribution in [1.29, 1.82) is 0 Å². The third-order valence-corrected chi connectivity index (χ3v) is 3.53. The van der Waals surface area contributed by atoms with E-state index >= 15 is 0 Å². The largest absolute Gasteiger partial charge is 0.462 e. The molecule has 0 aliphatic heterocycles. The van der Waals surface area contributed by atoms with Crippen molar-refractivity contribution >= 4 is 17.7 Å². The molecule has 0 saturated carbocycles. The Labute approximate surface area is 146 Å². The Hall–Kier alpha value is -2.86. The van der Waals surface area contributed by atoms with Gasteiger partial charge in [-0.05, 0) is 43.2 Å². The van der Waals surface area contributed by atoms with Crippen LogP contribution in [0.3, 0.4) is 0 Å². The van der Waals surface area contributed by atoms with Gasteiger partial charge in [-0.15, -0.1) is 0 Å². The molecule has 0 bridgehead atoms. The number of hydrogen-bond acceptors (Lipinski definition) is 4. The quantitative estimate of drug-likeness (QED) is 0.675. The summed E-state index contributed by atoms with van der Waals surface area (Å²) in [5.41, 5.74) is 1.99. The number of carbonyl (C=O) groups is 2. The highest BCUT2D eigenvalue weighted by molar-refractivity contribution is 5.92. The maximum atomic E-state index is 12.1. The summed E-state index contributed by atoms with van der Waals surface area (Å²) in [4.78, 5) is 23.7. The fraction of sp³-hybridized carbons (Fsp3) is 0.263. The fourth-order valence-electron chi connectivity index (χ4n) is 2.32. The van der Waals surface area contributed by atoms with Crippen molar-refractivity contribution in [3.63, 3.8) is 0 Å². The van der Waals surface area contributed by atoms with Gasteiger partial charge in [-0.3, -0.25) is 0 Å². The van der Waals surface area contributed by atoms with E-state index in [0.717, 1.165) is 5.56 Å². The van der Waals surface area contributed by atoms with Crippen LogP contribution in [0.1, 0.15) is 22.8 Å². The van der Waals surface area contributed by atoms with E-state index in [-0.39, 0.29) is 12.6 Å². The van der Waals surface area contributed by atoms with Gasteiger partial charge in [0.15, 0.2) is 0 Å². The summed E-state index contributed by atoms with van der Waals surface area (Å²) >= 11 is 0. The van der Waals surface area contributed by atoms with Gasteiger partial charge in [-0.2, -0.15) is 0 Å². The molecule has 2 rings (SSSR count). The van der Waals surface area contributed by atoms with Crippen molar-refractivity contribution in [3.8, 4) is 0 Å². The van der Waals surface area contributed by atoms with E-state index in [0.29, 0.717) is 24.3 Å². The van der Waals surface area contributed by atoms with Crippen molar-refractivity contribution in [2.75, 3.05) is 18.5 Å². The highest BCUT2D eigenvalue weighted by Gasteiger charge is 2.12. The van der Waals surface area contributed by atoms with Gasteiger partial charge >= 0.3 is 12.0 Å². The molecule has 6 nitrogen and oxygen atoms in total. The standard InChI is InChI=1S/C19H22N2O4/c1-2-25-18(23)15-8-10-16(11-9-15)20-19(24)21-17(13-22)12-14-6-4-3-5-7-14/h3-11,17,22H,2,12-13H2,1H3,(H2,20,21,24). The molecule has 2 amide bonds. The Morgan fingerprint density at radius 2 is 1.76 bits per heavy atom. The van der Waals surface area contributed by atoms with Crippen LogP contribution >= 0.6 is 0 Å². The van der Waals surface area contributed by atoms with Gasteiger partial charge in [-0.1, -0.05) is 30.3 Å². The molecule has 3 N–H and O–H groups in total. The number of nitrogens with one attached hydrogen (secondary N) is 2. The highest BCUT2D eigenvalue weighted by atomic mass is 16.5. The first-order valence-electron chi connectivity index (χ1n) is 8.12. The molecule has 0 aliphatic rings. The molecule has 132 valence electrons. The number of aliphatic hydroxyl groups excluding tert-OH is 1. The van der Waals surface area contributed by atoms with Crippen LogP contribution in [0, 0.1) is 0 Å². The summed E-state index contributed by atoms with van der Waals surface area (Å²) < 4.78 is 4.91. The number of hydrogen-bond donors (Lipinski definition) is 3. The van der Waals surface area contributed by atoms with Crippen molar-refractivity contribution in [2.45, 2.75) is 19.4 Å². The molecule has 0 heterocycles. The van der Waals surface area contributed by atoms with Crippen LogP contribution < -0.4 is 10.6 Å². The lowest BCUT2D eigenvalue weighted by Crippen LogP contribution is -2.41. The summed E-state index contributed by atoms with van der Waals surface area (Å²) in [5, 5.41) is 14.9. The topological polar surface area (TPSA) is 87.7 Å². The van der Waals surface area contributed by atoms with Gasteiger partial charge in [0.1, 0.15) is 0 Å². The first-order valence-corrected chi connectivity index (χ1v) is 8.12. The molecule has 0 aromatic heterocycles. The van der Waals surface area contributed by atoms with Crippen molar-refractivity contribution in [3.05, 3.63) is 65.7 Å². The molecule has 1 atom stereocenters. The van der Waals surface area contributed by atoms with Gasteiger partial charge in [0.2, 0.25) is 0 Å². The van der Waals surface area contributed by atoms with E-state index in [1.54, 1.807) is 31.2 Å². The van der Waals surface area contributed by atoms with E-state index in [2.05, 4.69) is 10.6 Å². The van der Waals surface area contributed by atoms with Crippen LogP contribution in [0.15, 0.2) is 54.6 Å². The summed E-state index contributed by atoms with van der Waals surface area (Å²) in [7, 11) is 0. The molecule has 2 aromatic rings. The van der Waals surface area contributed by atoms with Crippen LogP contribution in [-0.4, -0.2) is 36.4 Å². The lowest BCUT2D eigenvalue weighted by molar-refractivity contribution is 0.0526. The Morgan fingerprint density at radius 3 is 2.36 bits per heavy atom. The SMILES string of the molecule is CCOC(=O)c1ccc(NC(=O)NC(CO)Cc2ccccc2)cc1. The number of rotatable bonds is 7. The fourth-order valence-corrected chi connectivity index (χ4v) is 2.32. The number of ether oxygens (including phenoxy) is 1. The van der Waals surface area contributed by atoms with Gasteiger partial charge in [0.25, 0.3) is 0 Å². The van der Waals surface area contributed by atoms with Gasteiger partial charge < -0.3 is 20.5 Å². The van der Waals surface area contributed by atoms with E-state index in [9.17, 15) is 14.7 Å². The summed E-state index contributed by atoms with van der Waals surface area (Å²) in [6.07, 6.45) is 0.534. The summed E-state index contributed by atoms with van der Waals surface area (Å²) in [5.74, 6) is -0.401. The molecular weight excluding hydrogens is 320 g/mol.